The Hall–Kier alpha value is -0.850. The number of allylic oxidation sites excluding steroid dienone is 3. The van der Waals surface area contributed by atoms with Crippen molar-refractivity contribution >= 4 is 5.71 Å². The first kappa shape index (κ1) is 5.29. The van der Waals surface area contributed by atoms with E-state index in [2.05, 4.69) is 11.1 Å². The fourth-order valence-corrected chi connectivity index (χ4v) is 0.730. The van der Waals surface area contributed by atoms with Crippen LogP contribution in [0.1, 0.15) is 13.8 Å². The summed E-state index contributed by atoms with van der Waals surface area (Å²) in [6, 6.07) is 0. The van der Waals surface area contributed by atoms with Gasteiger partial charge in [0.2, 0.25) is 0 Å². The van der Waals surface area contributed by atoms with Crippen molar-refractivity contribution < 1.29 is 0 Å². The third-order valence-electron chi connectivity index (χ3n) is 1.25. The molecule has 0 aromatic rings. The van der Waals surface area contributed by atoms with Gasteiger partial charge in [0.1, 0.15) is 0 Å². The number of nitrogens with zero attached hydrogens (tertiary/aromatic N) is 1. The lowest BCUT2D eigenvalue weighted by atomic mass is 10.2. The summed E-state index contributed by atoms with van der Waals surface area (Å²) in [4.78, 5) is 4.06. The summed E-state index contributed by atoms with van der Waals surface area (Å²) in [5.74, 6) is 0. The van der Waals surface area contributed by atoms with Crippen molar-refractivity contribution in [2.45, 2.75) is 13.8 Å². The van der Waals surface area contributed by atoms with Crippen LogP contribution in [0.15, 0.2) is 28.9 Å². The summed E-state index contributed by atoms with van der Waals surface area (Å²) in [7, 11) is 0. The van der Waals surface area contributed by atoms with E-state index in [1.165, 1.54) is 5.57 Å². The van der Waals surface area contributed by atoms with Crippen LogP contribution in [0.2, 0.25) is 0 Å². The van der Waals surface area contributed by atoms with E-state index >= 15 is 0 Å². The van der Waals surface area contributed by atoms with E-state index in [4.69, 9.17) is 0 Å². The lowest BCUT2D eigenvalue weighted by Gasteiger charge is -1.88. The van der Waals surface area contributed by atoms with Gasteiger partial charge in [-0.1, -0.05) is 6.08 Å². The van der Waals surface area contributed by atoms with Crippen molar-refractivity contribution in [3.63, 3.8) is 0 Å². The monoisotopic (exact) mass is 107 g/mol. The first-order valence-electron chi connectivity index (χ1n) is 2.72. The maximum Gasteiger partial charge on any atom is 0.0442 e. The van der Waals surface area contributed by atoms with Crippen LogP contribution in [0.4, 0.5) is 0 Å². The van der Waals surface area contributed by atoms with Crippen LogP contribution in [-0.2, 0) is 0 Å². The smallest absolute Gasteiger partial charge is 0.0442 e. The molecule has 0 radical (unpaired) electrons. The molecule has 8 heavy (non-hydrogen) atoms. The Kier molecular flexibility index (Phi) is 1.29. The van der Waals surface area contributed by atoms with Crippen molar-refractivity contribution in [1.82, 2.24) is 0 Å². The quantitative estimate of drug-likeness (QED) is 0.448. The predicted molar refractivity (Wildman–Crippen MR) is 36.0 cm³/mol. The van der Waals surface area contributed by atoms with Crippen LogP contribution in [0.3, 0.4) is 0 Å². The molecule has 0 unspecified atom stereocenters. The maximum atomic E-state index is 4.06. The molecule has 0 spiro atoms. The SMILES string of the molecule is C/C=C1/C=CN=C1C. The third-order valence-corrected chi connectivity index (χ3v) is 1.25. The standard InChI is InChI=1S/C7H9N/c1-3-7-4-5-8-6(7)2/h3-5H,1-2H3/b7-3-. The molecule has 0 saturated carbocycles. The van der Waals surface area contributed by atoms with E-state index in [9.17, 15) is 0 Å². The minimum Gasteiger partial charge on any atom is -0.261 e. The van der Waals surface area contributed by atoms with E-state index < -0.39 is 0 Å². The zero-order valence-corrected chi connectivity index (χ0v) is 5.18. The van der Waals surface area contributed by atoms with E-state index in [1.807, 2.05) is 26.1 Å². The molecule has 1 heterocycles. The number of rotatable bonds is 0. The van der Waals surface area contributed by atoms with Gasteiger partial charge in [-0.3, -0.25) is 4.99 Å². The fraction of sp³-hybridized carbons (Fsp3) is 0.286. The van der Waals surface area contributed by atoms with Crippen molar-refractivity contribution in [2.24, 2.45) is 4.99 Å². The first-order valence-corrected chi connectivity index (χ1v) is 2.72. The highest BCUT2D eigenvalue weighted by Crippen LogP contribution is 2.06. The minimum absolute atomic E-state index is 1.12. The van der Waals surface area contributed by atoms with Gasteiger partial charge in [0.15, 0.2) is 0 Å². The van der Waals surface area contributed by atoms with Gasteiger partial charge in [0.25, 0.3) is 0 Å². The van der Waals surface area contributed by atoms with Gasteiger partial charge in [-0.05, 0) is 25.5 Å². The Morgan fingerprint density at radius 1 is 1.62 bits per heavy atom. The molecule has 0 aliphatic carbocycles. The van der Waals surface area contributed by atoms with E-state index in [0.29, 0.717) is 0 Å². The van der Waals surface area contributed by atoms with Gasteiger partial charge in [0, 0.05) is 11.9 Å². The van der Waals surface area contributed by atoms with E-state index in [0.717, 1.165) is 5.71 Å². The molecule has 0 fully saturated rings. The van der Waals surface area contributed by atoms with Crippen LogP contribution in [-0.4, -0.2) is 5.71 Å². The van der Waals surface area contributed by atoms with Gasteiger partial charge in [0.05, 0.1) is 0 Å². The van der Waals surface area contributed by atoms with Crippen LogP contribution in [0.25, 0.3) is 0 Å². The molecule has 0 N–H and O–H groups in total. The molecule has 0 saturated heterocycles. The molecule has 0 amide bonds. The van der Waals surface area contributed by atoms with Gasteiger partial charge in [-0.15, -0.1) is 0 Å². The second-order valence-electron chi connectivity index (χ2n) is 1.77. The molecular weight excluding hydrogens is 98.1 g/mol. The molecule has 1 rings (SSSR count). The molecule has 0 aromatic heterocycles. The largest absolute Gasteiger partial charge is 0.261 e. The molecule has 1 aliphatic heterocycles. The van der Waals surface area contributed by atoms with Crippen molar-refractivity contribution in [3.05, 3.63) is 23.9 Å². The summed E-state index contributed by atoms with van der Waals surface area (Å²) < 4.78 is 0. The summed E-state index contributed by atoms with van der Waals surface area (Å²) >= 11 is 0. The molecule has 0 atom stereocenters. The Morgan fingerprint density at radius 3 is 2.62 bits per heavy atom. The van der Waals surface area contributed by atoms with Crippen molar-refractivity contribution in [3.8, 4) is 0 Å². The Balaban J connectivity index is 2.88. The summed E-state index contributed by atoms with van der Waals surface area (Å²) in [5.41, 5.74) is 2.36. The predicted octanol–water partition coefficient (Wildman–Crippen LogP) is 1.92. The Bertz CT molecular complexity index is 173. The second kappa shape index (κ2) is 1.95. The van der Waals surface area contributed by atoms with Gasteiger partial charge >= 0.3 is 0 Å². The molecule has 1 nitrogen and oxygen atoms in total. The second-order valence-corrected chi connectivity index (χ2v) is 1.77. The Morgan fingerprint density at radius 2 is 2.38 bits per heavy atom. The highest BCUT2D eigenvalue weighted by Gasteiger charge is 1.98. The van der Waals surface area contributed by atoms with E-state index in [-0.39, 0.29) is 0 Å². The first-order chi connectivity index (χ1) is 3.84. The average Bonchev–Trinajstić information content (AvgIpc) is 2.14. The van der Waals surface area contributed by atoms with Crippen molar-refractivity contribution in [2.75, 3.05) is 0 Å². The van der Waals surface area contributed by atoms with Gasteiger partial charge < -0.3 is 0 Å². The molecule has 1 aliphatic rings. The lowest BCUT2D eigenvalue weighted by Crippen LogP contribution is -1.86. The molecule has 42 valence electrons. The summed E-state index contributed by atoms with van der Waals surface area (Å²) in [5, 5.41) is 0. The maximum absolute atomic E-state index is 4.06. The van der Waals surface area contributed by atoms with E-state index in [1.54, 1.807) is 0 Å². The topological polar surface area (TPSA) is 12.4 Å². The minimum atomic E-state index is 1.12. The van der Waals surface area contributed by atoms with Crippen molar-refractivity contribution in [1.29, 1.82) is 0 Å². The number of hydrogen-bond acceptors (Lipinski definition) is 1. The zero-order valence-electron chi connectivity index (χ0n) is 5.18. The average molecular weight is 107 g/mol. The summed E-state index contributed by atoms with van der Waals surface area (Å²) in [6.45, 7) is 4.03. The normalized spacial score (nSPS) is 22.2. The number of aliphatic imine (C=N–C) groups is 1. The third kappa shape index (κ3) is 0.713. The van der Waals surface area contributed by atoms with Crippen LogP contribution >= 0.6 is 0 Å². The number of hydrogen-bond donors (Lipinski definition) is 0. The molecular formula is C7H9N. The van der Waals surface area contributed by atoms with Crippen LogP contribution in [0.5, 0.6) is 0 Å². The lowest BCUT2D eigenvalue weighted by molar-refractivity contribution is 1.59. The molecule has 0 bridgehead atoms. The van der Waals surface area contributed by atoms with Crippen LogP contribution in [0, 0.1) is 0 Å². The zero-order chi connectivity index (χ0) is 5.98. The highest BCUT2D eigenvalue weighted by atomic mass is 14.7. The highest BCUT2D eigenvalue weighted by molar-refractivity contribution is 6.02. The Labute approximate surface area is 49.4 Å². The molecule has 0 aromatic carbocycles. The fourth-order valence-electron chi connectivity index (χ4n) is 0.730. The van der Waals surface area contributed by atoms with Gasteiger partial charge in [-0.25, -0.2) is 0 Å². The van der Waals surface area contributed by atoms with Gasteiger partial charge in [-0.2, -0.15) is 0 Å². The molecule has 1 heteroatoms. The van der Waals surface area contributed by atoms with Crippen LogP contribution < -0.4 is 0 Å². The summed E-state index contributed by atoms with van der Waals surface area (Å²) in [6.07, 6.45) is 5.89.